The van der Waals surface area contributed by atoms with E-state index < -0.39 is 17.6 Å². The Hall–Kier alpha value is -2.46. The largest absolute Gasteiger partial charge is 0.408 e. The van der Waals surface area contributed by atoms with Gasteiger partial charge >= 0.3 is 11.9 Å². The molecule has 0 saturated carbocycles. The van der Waals surface area contributed by atoms with Gasteiger partial charge in [-0.25, -0.2) is 4.68 Å². The fourth-order valence-electron chi connectivity index (χ4n) is 1.60. The Morgan fingerprint density at radius 2 is 2.15 bits per heavy atom. The van der Waals surface area contributed by atoms with Crippen molar-refractivity contribution in [1.82, 2.24) is 24.8 Å². The molecule has 0 saturated heterocycles. The van der Waals surface area contributed by atoms with Gasteiger partial charge in [-0.15, -0.1) is 5.10 Å². The molecule has 0 spiro atoms. The smallest absolute Gasteiger partial charge is 0.260 e. The Kier molecular flexibility index (Phi) is 3.42. The van der Waals surface area contributed by atoms with Crippen LogP contribution < -0.4 is 0 Å². The molecule has 2 heterocycles. The number of hydrogen-bond acceptors (Lipinski definition) is 5. The number of hydrogen-bond donors (Lipinski definition) is 0. The van der Waals surface area contributed by atoms with Crippen molar-refractivity contribution in [3.63, 3.8) is 0 Å². The van der Waals surface area contributed by atoms with Crippen molar-refractivity contribution < 1.29 is 18.1 Å². The summed E-state index contributed by atoms with van der Waals surface area (Å²) in [5.41, 5.74) is 0.269. The summed E-state index contributed by atoms with van der Waals surface area (Å²) >= 11 is 0. The zero-order valence-electron chi connectivity index (χ0n) is 10.2. The molecule has 11 heteroatoms. The first-order valence-corrected chi connectivity index (χ1v) is 5.39. The van der Waals surface area contributed by atoms with Gasteiger partial charge in [0.1, 0.15) is 18.9 Å². The first-order valence-electron chi connectivity index (χ1n) is 5.39. The minimum atomic E-state index is -4.43. The van der Waals surface area contributed by atoms with Gasteiger partial charge in [0, 0.05) is 0 Å². The predicted octanol–water partition coefficient (Wildman–Crippen LogP) is 1.30. The normalized spacial score (nSPS) is 11.8. The lowest BCUT2D eigenvalue weighted by Crippen LogP contribution is -2.21. The Bertz CT molecular complexity index is 632. The van der Waals surface area contributed by atoms with E-state index in [1.807, 2.05) is 0 Å². The van der Waals surface area contributed by atoms with Gasteiger partial charge in [0.2, 0.25) is 0 Å². The summed E-state index contributed by atoms with van der Waals surface area (Å²) in [4.78, 5) is 9.87. The van der Waals surface area contributed by atoms with Gasteiger partial charge in [-0.2, -0.15) is 18.3 Å². The summed E-state index contributed by atoms with van der Waals surface area (Å²) in [5, 5.41) is 21.2. The van der Waals surface area contributed by atoms with Gasteiger partial charge in [0.15, 0.2) is 0 Å². The quantitative estimate of drug-likeness (QED) is 0.625. The summed E-state index contributed by atoms with van der Waals surface area (Å²) in [6.45, 7) is 0.155. The Morgan fingerprint density at radius 1 is 1.45 bits per heavy atom. The number of halogens is 3. The van der Waals surface area contributed by atoms with E-state index in [1.165, 1.54) is 6.92 Å². The van der Waals surface area contributed by atoms with E-state index in [-0.39, 0.29) is 17.9 Å². The summed E-state index contributed by atoms with van der Waals surface area (Å²) in [7, 11) is 0. The van der Waals surface area contributed by atoms with Crippen LogP contribution in [0.1, 0.15) is 11.4 Å². The van der Waals surface area contributed by atoms with Crippen molar-refractivity contribution in [2.24, 2.45) is 0 Å². The van der Waals surface area contributed by atoms with E-state index in [0.717, 1.165) is 17.1 Å². The lowest BCUT2D eigenvalue weighted by Gasteiger charge is -2.09. The van der Waals surface area contributed by atoms with E-state index in [1.54, 1.807) is 0 Å². The van der Waals surface area contributed by atoms with Crippen molar-refractivity contribution >= 4 is 5.69 Å². The molecule has 0 unspecified atom stereocenters. The lowest BCUT2D eigenvalue weighted by molar-refractivity contribution is -0.385. The molecule has 0 bridgehead atoms. The monoisotopic (exact) mass is 290 g/mol. The molecule has 2 aromatic heterocycles. The van der Waals surface area contributed by atoms with Crippen LogP contribution in [0.2, 0.25) is 0 Å². The fourth-order valence-corrected chi connectivity index (χ4v) is 1.60. The van der Waals surface area contributed by atoms with Crippen LogP contribution in [0, 0.1) is 17.0 Å². The molecule has 0 radical (unpaired) electrons. The minimum Gasteiger partial charge on any atom is -0.260 e. The summed E-state index contributed by atoms with van der Waals surface area (Å²) < 4.78 is 39.0. The molecular formula is C9H9F3N6O2. The van der Waals surface area contributed by atoms with Crippen LogP contribution >= 0.6 is 0 Å². The summed E-state index contributed by atoms with van der Waals surface area (Å²) in [5.74, 6) is 0. The van der Waals surface area contributed by atoms with E-state index >= 15 is 0 Å². The second-order valence-electron chi connectivity index (χ2n) is 4.05. The van der Waals surface area contributed by atoms with Crippen LogP contribution in [-0.4, -0.2) is 35.9 Å². The molecule has 2 aromatic rings. The molecule has 20 heavy (non-hydrogen) atoms. The third-order valence-electron chi connectivity index (χ3n) is 2.50. The van der Waals surface area contributed by atoms with E-state index in [2.05, 4.69) is 15.4 Å². The topological polar surface area (TPSA) is 91.7 Å². The molecule has 0 aliphatic carbocycles. The summed E-state index contributed by atoms with van der Waals surface area (Å²) in [6, 6.07) is 0. The minimum absolute atomic E-state index is 0.0806. The molecule has 108 valence electrons. The highest BCUT2D eigenvalue weighted by Crippen LogP contribution is 2.19. The van der Waals surface area contributed by atoms with Gasteiger partial charge < -0.3 is 0 Å². The molecule has 0 aromatic carbocycles. The molecule has 0 atom stereocenters. The lowest BCUT2D eigenvalue weighted by atomic mass is 10.3. The van der Waals surface area contributed by atoms with Crippen LogP contribution in [0.4, 0.5) is 18.9 Å². The van der Waals surface area contributed by atoms with E-state index in [9.17, 15) is 23.3 Å². The Morgan fingerprint density at radius 3 is 2.70 bits per heavy atom. The number of aromatic nitrogens is 5. The maximum atomic E-state index is 12.4. The molecule has 0 aliphatic heterocycles. The maximum Gasteiger partial charge on any atom is 0.408 e. The van der Waals surface area contributed by atoms with Crippen LogP contribution in [0.25, 0.3) is 0 Å². The van der Waals surface area contributed by atoms with Gasteiger partial charge in [-0.3, -0.25) is 14.8 Å². The molecule has 0 amide bonds. The van der Waals surface area contributed by atoms with Crippen molar-refractivity contribution in [2.45, 2.75) is 26.2 Å². The van der Waals surface area contributed by atoms with Gasteiger partial charge in [-0.1, -0.05) is 5.21 Å². The third-order valence-corrected chi connectivity index (χ3v) is 2.50. The van der Waals surface area contributed by atoms with E-state index in [0.29, 0.717) is 10.4 Å². The van der Waals surface area contributed by atoms with Crippen LogP contribution in [0.3, 0.4) is 0 Å². The molecule has 0 N–H and O–H groups in total. The highest BCUT2D eigenvalue weighted by atomic mass is 19.4. The molecule has 8 nitrogen and oxygen atoms in total. The average molecular weight is 290 g/mol. The van der Waals surface area contributed by atoms with Gasteiger partial charge in [-0.05, 0) is 6.92 Å². The molecule has 2 rings (SSSR count). The Labute approximate surface area is 110 Å². The third kappa shape index (κ3) is 3.10. The number of aryl methyl sites for hydroxylation is 1. The SMILES string of the molecule is Cc1nnn(CC(F)(F)F)c1Cn1cc([N+](=O)[O-])cn1. The second-order valence-corrected chi connectivity index (χ2v) is 4.05. The van der Waals surface area contributed by atoms with E-state index in [4.69, 9.17) is 0 Å². The Balaban J connectivity index is 2.24. The van der Waals surface area contributed by atoms with Crippen molar-refractivity contribution in [3.05, 3.63) is 33.9 Å². The molecule has 0 aliphatic rings. The fraction of sp³-hybridized carbons (Fsp3) is 0.444. The number of rotatable bonds is 4. The highest BCUT2D eigenvalue weighted by molar-refractivity contribution is 5.21. The van der Waals surface area contributed by atoms with Crippen LogP contribution in [-0.2, 0) is 13.1 Å². The highest BCUT2D eigenvalue weighted by Gasteiger charge is 2.30. The zero-order chi connectivity index (χ0) is 14.9. The molecular weight excluding hydrogens is 281 g/mol. The van der Waals surface area contributed by atoms with Gasteiger partial charge in [0.05, 0.1) is 22.9 Å². The zero-order valence-corrected chi connectivity index (χ0v) is 10.2. The standard InChI is InChI=1S/C9H9F3N6O2/c1-6-8(17(15-14-6)5-9(10,11)12)4-16-3-7(2-13-16)18(19)20/h2-3H,4-5H2,1H3. The number of nitro groups is 1. The predicted molar refractivity (Wildman–Crippen MR) is 58.8 cm³/mol. The second kappa shape index (κ2) is 4.90. The number of alkyl halides is 3. The first-order chi connectivity index (χ1) is 9.26. The van der Waals surface area contributed by atoms with Gasteiger partial charge in [0.25, 0.3) is 0 Å². The first kappa shape index (κ1) is 14.0. The molecule has 0 fully saturated rings. The van der Waals surface area contributed by atoms with Crippen molar-refractivity contribution in [1.29, 1.82) is 0 Å². The van der Waals surface area contributed by atoms with Crippen molar-refractivity contribution in [2.75, 3.05) is 0 Å². The van der Waals surface area contributed by atoms with Crippen molar-refractivity contribution in [3.8, 4) is 0 Å². The maximum absolute atomic E-state index is 12.4. The summed E-state index contributed by atoms with van der Waals surface area (Å²) in [6.07, 6.45) is -2.28. The number of nitrogens with zero attached hydrogens (tertiary/aromatic N) is 6. The average Bonchev–Trinajstić information content (AvgIpc) is 2.89. The van der Waals surface area contributed by atoms with Crippen LogP contribution in [0.5, 0.6) is 0 Å². The van der Waals surface area contributed by atoms with Crippen LogP contribution in [0.15, 0.2) is 12.4 Å².